The van der Waals surface area contributed by atoms with Crippen LogP contribution < -0.4 is 5.32 Å². The SMILES string of the molecule is CC(=N)COC1CCNCC1. The first-order valence-corrected chi connectivity index (χ1v) is 4.15. The molecule has 1 rings (SSSR count). The van der Waals surface area contributed by atoms with Crippen molar-refractivity contribution in [1.29, 1.82) is 5.41 Å². The van der Waals surface area contributed by atoms with Crippen LogP contribution in [0.1, 0.15) is 19.8 Å². The van der Waals surface area contributed by atoms with E-state index in [1.54, 1.807) is 6.92 Å². The molecule has 0 atom stereocenters. The van der Waals surface area contributed by atoms with E-state index in [0.717, 1.165) is 25.9 Å². The summed E-state index contributed by atoms with van der Waals surface area (Å²) in [4.78, 5) is 0. The fourth-order valence-corrected chi connectivity index (χ4v) is 1.20. The third kappa shape index (κ3) is 3.49. The second kappa shape index (κ2) is 4.46. The van der Waals surface area contributed by atoms with Crippen LogP contribution in [-0.4, -0.2) is 31.5 Å². The fourth-order valence-electron chi connectivity index (χ4n) is 1.20. The van der Waals surface area contributed by atoms with E-state index in [0.29, 0.717) is 18.4 Å². The average molecular weight is 156 g/mol. The van der Waals surface area contributed by atoms with E-state index in [4.69, 9.17) is 10.1 Å². The molecule has 0 saturated carbocycles. The van der Waals surface area contributed by atoms with Crippen molar-refractivity contribution in [3.05, 3.63) is 0 Å². The third-order valence-corrected chi connectivity index (χ3v) is 1.82. The Morgan fingerprint density at radius 1 is 1.55 bits per heavy atom. The van der Waals surface area contributed by atoms with Gasteiger partial charge in [0.15, 0.2) is 0 Å². The minimum absolute atomic E-state index is 0.386. The topological polar surface area (TPSA) is 45.1 Å². The normalized spacial score (nSPS) is 20.1. The highest BCUT2D eigenvalue weighted by Gasteiger charge is 2.12. The lowest BCUT2D eigenvalue weighted by Gasteiger charge is -2.22. The largest absolute Gasteiger partial charge is 0.372 e. The van der Waals surface area contributed by atoms with E-state index >= 15 is 0 Å². The maximum atomic E-state index is 7.17. The second-order valence-corrected chi connectivity index (χ2v) is 3.04. The summed E-state index contributed by atoms with van der Waals surface area (Å²) < 4.78 is 5.48. The molecule has 0 spiro atoms. The van der Waals surface area contributed by atoms with E-state index in [-0.39, 0.29) is 0 Å². The number of piperidine rings is 1. The van der Waals surface area contributed by atoms with Gasteiger partial charge < -0.3 is 15.5 Å². The zero-order valence-electron chi connectivity index (χ0n) is 7.02. The highest BCUT2D eigenvalue weighted by atomic mass is 16.5. The molecule has 3 heteroatoms. The number of hydrogen-bond acceptors (Lipinski definition) is 3. The van der Waals surface area contributed by atoms with Gasteiger partial charge in [-0.3, -0.25) is 0 Å². The van der Waals surface area contributed by atoms with Crippen LogP contribution >= 0.6 is 0 Å². The van der Waals surface area contributed by atoms with Crippen molar-refractivity contribution in [3.63, 3.8) is 0 Å². The Morgan fingerprint density at radius 3 is 2.73 bits per heavy atom. The van der Waals surface area contributed by atoms with Crippen LogP contribution in [0.5, 0.6) is 0 Å². The molecule has 0 aromatic carbocycles. The van der Waals surface area contributed by atoms with Crippen molar-refractivity contribution >= 4 is 5.71 Å². The van der Waals surface area contributed by atoms with Crippen LogP contribution in [0.2, 0.25) is 0 Å². The maximum Gasteiger partial charge on any atom is 0.0842 e. The Morgan fingerprint density at radius 2 is 2.18 bits per heavy atom. The summed E-state index contributed by atoms with van der Waals surface area (Å²) in [6.07, 6.45) is 2.57. The van der Waals surface area contributed by atoms with E-state index in [1.165, 1.54) is 0 Å². The standard InChI is InChI=1S/C8H16N2O/c1-7(9)6-11-8-2-4-10-5-3-8/h8-10H,2-6H2,1H3. The minimum atomic E-state index is 0.386. The summed E-state index contributed by atoms with van der Waals surface area (Å²) in [5.41, 5.74) is 0.614. The zero-order valence-corrected chi connectivity index (χ0v) is 7.02. The van der Waals surface area contributed by atoms with Crippen LogP contribution in [-0.2, 0) is 4.74 Å². The fraction of sp³-hybridized carbons (Fsp3) is 0.875. The van der Waals surface area contributed by atoms with Gasteiger partial charge in [0.05, 0.1) is 12.7 Å². The highest BCUT2D eigenvalue weighted by Crippen LogP contribution is 2.06. The molecule has 11 heavy (non-hydrogen) atoms. The number of nitrogens with one attached hydrogen (secondary N) is 2. The summed E-state index contributed by atoms with van der Waals surface area (Å²) in [6, 6.07) is 0. The van der Waals surface area contributed by atoms with Gasteiger partial charge >= 0.3 is 0 Å². The van der Waals surface area contributed by atoms with E-state index < -0.39 is 0 Å². The van der Waals surface area contributed by atoms with Gasteiger partial charge in [-0.2, -0.15) is 0 Å². The molecule has 1 aliphatic rings. The van der Waals surface area contributed by atoms with Crippen LogP contribution in [0.4, 0.5) is 0 Å². The minimum Gasteiger partial charge on any atom is -0.372 e. The molecule has 0 aromatic rings. The smallest absolute Gasteiger partial charge is 0.0842 e. The first-order chi connectivity index (χ1) is 5.29. The van der Waals surface area contributed by atoms with Crippen LogP contribution in [0.15, 0.2) is 0 Å². The summed E-state index contributed by atoms with van der Waals surface area (Å²) in [5.74, 6) is 0. The molecule has 1 aliphatic heterocycles. The highest BCUT2D eigenvalue weighted by molar-refractivity contribution is 5.79. The molecule has 0 amide bonds. The van der Waals surface area contributed by atoms with Crippen LogP contribution in [0.3, 0.4) is 0 Å². The van der Waals surface area contributed by atoms with Gasteiger partial charge in [-0.1, -0.05) is 0 Å². The Kier molecular flexibility index (Phi) is 3.52. The number of ether oxygens (including phenoxy) is 1. The lowest BCUT2D eigenvalue weighted by Crippen LogP contribution is -2.33. The molecule has 3 nitrogen and oxygen atoms in total. The molecule has 0 aromatic heterocycles. The quantitative estimate of drug-likeness (QED) is 0.593. The maximum absolute atomic E-state index is 7.17. The van der Waals surface area contributed by atoms with Crippen molar-refractivity contribution in [1.82, 2.24) is 5.32 Å². The Hall–Kier alpha value is -0.410. The lowest BCUT2D eigenvalue weighted by atomic mass is 10.1. The van der Waals surface area contributed by atoms with Gasteiger partial charge in [-0.15, -0.1) is 0 Å². The van der Waals surface area contributed by atoms with Gasteiger partial charge in [-0.25, -0.2) is 0 Å². The molecule has 64 valence electrons. The van der Waals surface area contributed by atoms with Crippen molar-refractivity contribution in [2.75, 3.05) is 19.7 Å². The first-order valence-electron chi connectivity index (χ1n) is 4.15. The van der Waals surface area contributed by atoms with E-state index in [1.807, 2.05) is 0 Å². The monoisotopic (exact) mass is 156 g/mol. The predicted octanol–water partition coefficient (Wildman–Crippen LogP) is 0.795. The first kappa shape index (κ1) is 8.68. The Bertz CT molecular complexity index is 130. The molecule has 1 saturated heterocycles. The van der Waals surface area contributed by atoms with Gasteiger partial charge in [0, 0.05) is 5.71 Å². The second-order valence-electron chi connectivity index (χ2n) is 3.04. The summed E-state index contributed by atoms with van der Waals surface area (Å²) in [7, 11) is 0. The van der Waals surface area contributed by atoms with E-state index in [9.17, 15) is 0 Å². The molecule has 2 N–H and O–H groups in total. The van der Waals surface area contributed by atoms with Gasteiger partial charge in [0.2, 0.25) is 0 Å². The number of rotatable bonds is 3. The average Bonchev–Trinajstić information content (AvgIpc) is 2.03. The number of hydrogen-bond donors (Lipinski definition) is 2. The molecule has 0 unspecified atom stereocenters. The molecular weight excluding hydrogens is 140 g/mol. The Labute approximate surface area is 67.6 Å². The van der Waals surface area contributed by atoms with Crippen molar-refractivity contribution in [2.45, 2.75) is 25.9 Å². The molecule has 0 aliphatic carbocycles. The molecule has 0 bridgehead atoms. The summed E-state index contributed by atoms with van der Waals surface area (Å²) in [6.45, 7) is 4.40. The molecule has 0 radical (unpaired) electrons. The zero-order chi connectivity index (χ0) is 8.10. The van der Waals surface area contributed by atoms with Gasteiger partial charge in [0.1, 0.15) is 0 Å². The Balaban J connectivity index is 2.09. The molecule has 1 fully saturated rings. The predicted molar refractivity (Wildman–Crippen MR) is 45.2 cm³/mol. The molecular formula is C8H16N2O. The molecule has 1 heterocycles. The van der Waals surface area contributed by atoms with Crippen LogP contribution in [0, 0.1) is 5.41 Å². The van der Waals surface area contributed by atoms with Gasteiger partial charge in [0.25, 0.3) is 0 Å². The van der Waals surface area contributed by atoms with Crippen molar-refractivity contribution in [2.24, 2.45) is 0 Å². The third-order valence-electron chi connectivity index (χ3n) is 1.82. The van der Waals surface area contributed by atoms with Crippen molar-refractivity contribution in [3.8, 4) is 0 Å². The van der Waals surface area contributed by atoms with E-state index in [2.05, 4.69) is 5.32 Å². The summed E-state index contributed by atoms with van der Waals surface area (Å²) in [5, 5.41) is 10.4. The summed E-state index contributed by atoms with van der Waals surface area (Å²) >= 11 is 0. The van der Waals surface area contributed by atoms with Gasteiger partial charge in [-0.05, 0) is 32.9 Å². The van der Waals surface area contributed by atoms with Crippen LogP contribution in [0.25, 0.3) is 0 Å². The van der Waals surface area contributed by atoms with Crippen molar-refractivity contribution < 1.29 is 4.74 Å². The lowest BCUT2D eigenvalue weighted by molar-refractivity contribution is 0.0576.